The number of hydrogen-bond acceptors (Lipinski definition) is 3. The van der Waals surface area contributed by atoms with Gasteiger partial charge in [-0.1, -0.05) is 13.8 Å². The summed E-state index contributed by atoms with van der Waals surface area (Å²) < 4.78 is 62.9. The zero-order chi connectivity index (χ0) is 13.9. The molecule has 0 aromatic heterocycles. The lowest BCUT2D eigenvalue weighted by molar-refractivity contribution is -0.217. The van der Waals surface area contributed by atoms with Gasteiger partial charge < -0.3 is 4.74 Å². The van der Waals surface area contributed by atoms with E-state index in [1.54, 1.807) is 13.8 Å². The first-order valence-electron chi connectivity index (χ1n) is 5.04. The van der Waals surface area contributed by atoms with Crippen LogP contribution in [0.4, 0.5) is 13.2 Å². The van der Waals surface area contributed by atoms with E-state index >= 15 is 0 Å². The second-order valence-electron chi connectivity index (χ2n) is 4.23. The number of alkyl halides is 3. The van der Waals surface area contributed by atoms with Crippen molar-refractivity contribution >= 4 is 19.7 Å². The van der Waals surface area contributed by atoms with Gasteiger partial charge >= 0.3 is 6.18 Å². The third-order valence-electron chi connectivity index (χ3n) is 2.38. The zero-order valence-corrected chi connectivity index (χ0v) is 11.4. The first kappa shape index (κ1) is 17.0. The van der Waals surface area contributed by atoms with Crippen LogP contribution in [0.25, 0.3) is 0 Å². The van der Waals surface area contributed by atoms with Crippen molar-refractivity contribution in [1.82, 2.24) is 0 Å². The maximum absolute atomic E-state index is 12.2. The van der Waals surface area contributed by atoms with Crippen molar-refractivity contribution in [3.05, 3.63) is 0 Å². The van der Waals surface area contributed by atoms with Crippen molar-refractivity contribution in [2.24, 2.45) is 11.8 Å². The molecule has 0 N–H and O–H groups in total. The number of rotatable bonds is 6. The highest BCUT2D eigenvalue weighted by Crippen LogP contribution is 2.24. The van der Waals surface area contributed by atoms with Crippen LogP contribution in [-0.4, -0.2) is 33.1 Å². The molecule has 0 saturated carbocycles. The van der Waals surface area contributed by atoms with E-state index < -0.39 is 33.0 Å². The predicted octanol–water partition coefficient (Wildman–Crippen LogP) is 2.79. The molecule has 0 amide bonds. The number of hydrogen-bond donors (Lipinski definition) is 0. The summed E-state index contributed by atoms with van der Waals surface area (Å²) in [6, 6.07) is 0. The van der Waals surface area contributed by atoms with Gasteiger partial charge in [-0.15, -0.1) is 0 Å². The zero-order valence-electron chi connectivity index (χ0n) is 9.79. The fourth-order valence-electron chi connectivity index (χ4n) is 1.05. The Hall–Kier alpha value is -0.0100. The van der Waals surface area contributed by atoms with Gasteiger partial charge in [-0.2, -0.15) is 13.2 Å². The molecule has 0 aliphatic carbocycles. The van der Waals surface area contributed by atoms with Gasteiger partial charge in [0, 0.05) is 10.7 Å². The maximum atomic E-state index is 12.2. The van der Waals surface area contributed by atoms with E-state index in [0.29, 0.717) is 0 Å². The Kier molecular flexibility index (Phi) is 6.24. The lowest BCUT2D eigenvalue weighted by atomic mass is 9.99. The van der Waals surface area contributed by atoms with Crippen molar-refractivity contribution in [3.8, 4) is 0 Å². The molecule has 0 bridgehead atoms. The fourth-order valence-corrected chi connectivity index (χ4v) is 2.53. The molecule has 0 aromatic rings. The summed E-state index contributed by atoms with van der Waals surface area (Å²) in [4.78, 5) is 0. The summed E-state index contributed by atoms with van der Waals surface area (Å²) in [5.74, 6) is -1.08. The van der Waals surface area contributed by atoms with Gasteiger partial charge in [0.1, 0.15) is 0 Å². The summed E-state index contributed by atoms with van der Waals surface area (Å²) in [5, 5.41) is 0. The highest BCUT2D eigenvalue weighted by molar-refractivity contribution is 8.13. The van der Waals surface area contributed by atoms with Crippen LogP contribution in [0, 0.1) is 11.8 Å². The van der Waals surface area contributed by atoms with Crippen LogP contribution < -0.4 is 0 Å². The van der Waals surface area contributed by atoms with E-state index in [2.05, 4.69) is 4.74 Å². The molecule has 2 atom stereocenters. The van der Waals surface area contributed by atoms with Crippen LogP contribution >= 0.6 is 10.7 Å². The van der Waals surface area contributed by atoms with E-state index in [-0.39, 0.29) is 12.5 Å². The Morgan fingerprint density at radius 1 is 1.24 bits per heavy atom. The molecule has 2 unspecified atom stereocenters. The fraction of sp³-hybridized carbons (Fsp3) is 1.00. The molecule has 8 heteroatoms. The maximum Gasteiger partial charge on any atom is 0.414 e. The van der Waals surface area contributed by atoms with Crippen LogP contribution in [-0.2, 0) is 13.8 Å². The van der Waals surface area contributed by atoms with Crippen LogP contribution in [0.15, 0.2) is 0 Å². The minimum atomic E-state index is -4.44. The van der Waals surface area contributed by atoms with Crippen molar-refractivity contribution in [2.75, 3.05) is 12.4 Å². The van der Waals surface area contributed by atoms with E-state index in [9.17, 15) is 21.6 Å². The first-order valence-corrected chi connectivity index (χ1v) is 7.52. The lowest BCUT2D eigenvalue weighted by Crippen LogP contribution is -2.32. The van der Waals surface area contributed by atoms with E-state index in [1.165, 1.54) is 0 Å². The molecule has 3 nitrogen and oxygen atoms in total. The van der Waals surface area contributed by atoms with Crippen LogP contribution in [0.3, 0.4) is 0 Å². The van der Waals surface area contributed by atoms with Crippen LogP contribution in [0.5, 0.6) is 0 Å². The summed E-state index contributed by atoms with van der Waals surface area (Å²) >= 11 is 0. The van der Waals surface area contributed by atoms with E-state index in [1.807, 2.05) is 0 Å². The monoisotopic (exact) mass is 296 g/mol. The summed E-state index contributed by atoms with van der Waals surface area (Å²) in [6.45, 7) is 4.00. The van der Waals surface area contributed by atoms with Gasteiger partial charge in [0.25, 0.3) is 0 Å². The Morgan fingerprint density at radius 2 is 1.71 bits per heavy atom. The minimum absolute atomic E-state index is 0.135. The normalized spacial score (nSPS) is 17.2. The topological polar surface area (TPSA) is 43.4 Å². The Labute approximate surface area is 104 Å². The largest absolute Gasteiger partial charge is 0.414 e. The molecule has 0 aliphatic heterocycles. The molecule has 0 spiro atoms. The predicted molar refractivity (Wildman–Crippen MR) is 59.4 cm³/mol. The molecule has 0 aromatic carbocycles. The van der Waals surface area contributed by atoms with Crippen molar-refractivity contribution < 1.29 is 26.3 Å². The molecule has 104 valence electrons. The molecule has 17 heavy (non-hydrogen) atoms. The van der Waals surface area contributed by atoms with Crippen LogP contribution in [0.2, 0.25) is 0 Å². The summed E-state index contributed by atoms with van der Waals surface area (Å²) in [6.07, 6.45) is -6.36. The van der Waals surface area contributed by atoms with Gasteiger partial charge in [0.15, 0.2) is 6.10 Å². The van der Waals surface area contributed by atoms with E-state index in [0.717, 1.165) is 6.92 Å². The number of halogens is 4. The SMILES string of the molecule is CC(C)C(COC(C)C(F)(F)F)CS(=O)(=O)Cl. The molecular formula is C9H16ClF3O3S. The summed E-state index contributed by atoms with van der Waals surface area (Å²) in [5.41, 5.74) is 0. The molecule has 0 radical (unpaired) electrons. The highest BCUT2D eigenvalue weighted by atomic mass is 35.7. The first-order chi connectivity index (χ1) is 7.43. The molecule has 0 rings (SSSR count). The third kappa shape index (κ3) is 7.83. The quantitative estimate of drug-likeness (QED) is 0.708. The Balaban J connectivity index is 4.39. The van der Waals surface area contributed by atoms with Gasteiger partial charge in [-0.05, 0) is 18.8 Å². The van der Waals surface area contributed by atoms with Gasteiger partial charge in [-0.25, -0.2) is 8.42 Å². The second kappa shape index (κ2) is 6.24. The highest BCUT2D eigenvalue weighted by Gasteiger charge is 2.37. The molecular weight excluding hydrogens is 281 g/mol. The van der Waals surface area contributed by atoms with Crippen molar-refractivity contribution in [2.45, 2.75) is 33.1 Å². The van der Waals surface area contributed by atoms with E-state index in [4.69, 9.17) is 10.7 Å². The average Bonchev–Trinajstić information content (AvgIpc) is 2.07. The lowest BCUT2D eigenvalue weighted by Gasteiger charge is -2.23. The van der Waals surface area contributed by atoms with Gasteiger partial charge in [-0.3, -0.25) is 0 Å². The molecule has 0 saturated heterocycles. The molecule has 0 heterocycles. The minimum Gasteiger partial charge on any atom is -0.369 e. The van der Waals surface area contributed by atoms with Gasteiger partial charge in [0.05, 0.1) is 12.4 Å². The number of ether oxygens (including phenoxy) is 1. The van der Waals surface area contributed by atoms with Gasteiger partial charge in [0.2, 0.25) is 9.05 Å². The summed E-state index contributed by atoms with van der Waals surface area (Å²) in [7, 11) is 1.33. The smallest absolute Gasteiger partial charge is 0.369 e. The standard InChI is InChI=1S/C9H16ClF3O3S/c1-6(2)8(5-17(10,14)15)4-16-7(3)9(11,12)13/h6-8H,4-5H2,1-3H3. The average molecular weight is 297 g/mol. The van der Waals surface area contributed by atoms with Crippen molar-refractivity contribution in [1.29, 1.82) is 0 Å². The van der Waals surface area contributed by atoms with Crippen molar-refractivity contribution in [3.63, 3.8) is 0 Å². The Bertz CT molecular complexity index is 327. The Morgan fingerprint density at radius 3 is 2.00 bits per heavy atom. The molecule has 0 fully saturated rings. The third-order valence-corrected chi connectivity index (χ3v) is 3.58. The van der Waals surface area contributed by atoms with Crippen LogP contribution in [0.1, 0.15) is 20.8 Å². The second-order valence-corrected chi connectivity index (χ2v) is 7.05. The molecule has 0 aliphatic rings.